The molecule has 0 aromatic heterocycles. The van der Waals surface area contributed by atoms with Crippen molar-refractivity contribution in [3.05, 3.63) is 35.6 Å². The molecule has 0 spiro atoms. The van der Waals surface area contributed by atoms with Crippen molar-refractivity contribution >= 4 is 9.84 Å². The summed E-state index contributed by atoms with van der Waals surface area (Å²) in [6.45, 7) is 2.93. The lowest BCUT2D eigenvalue weighted by atomic mass is 10.2. The lowest BCUT2D eigenvalue weighted by Crippen LogP contribution is -2.19. The van der Waals surface area contributed by atoms with Gasteiger partial charge >= 0.3 is 0 Å². The number of sulfone groups is 1. The molecule has 0 heterocycles. The molecular formula is C12H18FNO2S. The fourth-order valence-electron chi connectivity index (χ4n) is 1.40. The number of nitrogens with one attached hydrogen (secondary N) is 1. The van der Waals surface area contributed by atoms with Crippen LogP contribution in [0.1, 0.15) is 18.9 Å². The van der Waals surface area contributed by atoms with Crippen LogP contribution in [0.25, 0.3) is 0 Å². The smallest absolute Gasteiger partial charge is 0.150 e. The van der Waals surface area contributed by atoms with Crippen LogP contribution in [0, 0.1) is 5.82 Å². The Kier molecular flexibility index (Phi) is 5.58. The SMILES string of the molecule is CCS(=O)(=O)CCCNCc1ccc(F)cc1. The zero-order valence-electron chi connectivity index (χ0n) is 9.95. The Hall–Kier alpha value is -0.940. The van der Waals surface area contributed by atoms with E-state index in [0.717, 1.165) is 5.56 Å². The molecule has 0 atom stereocenters. The first-order valence-corrected chi connectivity index (χ1v) is 7.51. The van der Waals surface area contributed by atoms with E-state index in [9.17, 15) is 12.8 Å². The fourth-order valence-corrected chi connectivity index (χ4v) is 2.27. The largest absolute Gasteiger partial charge is 0.313 e. The van der Waals surface area contributed by atoms with Gasteiger partial charge in [0.1, 0.15) is 15.7 Å². The molecule has 0 fully saturated rings. The van der Waals surface area contributed by atoms with Gasteiger partial charge < -0.3 is 5.32 Å². The predicted octanol–water partition coefficient (Wildman–Crippen LogP) is 1.74. The van der Waals surface area contributed by atoms with Gasteiger partial charge in [-0.15, -0.1) is 0 Å². The zero-order chi connectivity index (χ0) is 12.7. The zero-order valence-corrected chi connectivity index (χ0v) is 10.8. The summed E-state index contributed by atoms with van der Waals surface area (Å²) < 4.78 is 35.0. The third kappa shape index (κ3) is 5.79. The monoisotopic (exact) mass is 259 g/mol. The minimum absolute atomic E-state index is 0.199. The number of rotatable bonds is 7. The molecule has 1 aromatic carbocycles. The average molecular weight is 259 g/mol. The van der Waals surface area contributed by atoms with Gasteiger partial charge in [0.2, 0.25) is 0 Å². The predicted molar refractivity (Wildman–Crippen MR) is 67.1 cm³/mol. The molecule has 0 aliphatic carbocycles. The third-order valence-electron chi connectivity index (χ3n) is 2.49. The van der Waals surface area contributed by atoms with Crippen molar-refractivity contribution in [1.29, 1.82) is 0 Å². The second kappa shape index (κ2) is 6.71. The van der Waals surface area contributed by atoms with Gasteiger partial charge in [-0.05, 0) is 30.7 Å². The maximum Gasteiger partial charge on any atom is 0.150 e. The molecule has 0 amide bonds. The lowest BCUT2D eigenvalue weighted by Gasteiger charge is -2.05. The molecule has 0 aliphatic rings. The number of hydrogen-bond acceptors (Lipinski definition) is 3. The molecule has 5 heteroatoms. The Bertz CT molecular complexity index is 428. The Morgan fingerprint density at radius 2 is 1.88 bits per heavy atom. The topological polar surface area (TPSA) is 46.2 Å². The summed E-state index contributed by atoms with van der Waals surface area (Å²) in [5.41, 5.74) is 0.991. The molecular weight excluding hydrogens is 241 g/mol. The van der Waals surface area contributed by atoms with E-state index in [1.807, 2.05) is 0 Å². The maximum atomic E-state index is 12.6. The van der Waals surface area contributed by atoms with Crippen LogP contribution in [-0.4, -0.2) is 26.5 Å². The first-order chi connectivity index (χ1) is 8.03. The summed E-state index contributed by atoms with van der Waals surface area (Å²) >= 11 is 0. The Morgan fingerprint density at radius 1 is 1.24 bits per heavy atom. The summed E-state index contributed by atoms with van der Waals surface area (Å²) in [4.78, 5) is 0. The van der Waals surface area contributed by atoms with Crippen molar-refractivity contribution in [1.82, 2.24) is 5.32 Å². The van der Waals surface area contributed by atoms with E-state index < -0.39 is 9.84 Å². The van der Waals surface area contributed by atoms with E-state index in [1.165, 1.54) is 12.1 Å². The minimum Gasteiger partial charge on any atom is -0.313 e. The van der Waals surface area contributed by atoms with Crippen molar-refractivity contribution in [2.24, 2.45) is 0 Å². The van der Waals surface area contributed by atoms with Gasteiger partial charge in [0.15, 0.2) is 0 Å². The van der Waals surface area contributed by atoms with Crippen molar-refractivity contribution in [2.45, 2.75) is 19.9 Å². The molecule has 0 aliphatic heterocycles. The quantitative estimate of drug-likeness (QED) is 0.759. The van der Waals surface area contributed by atoms with E-state index in [-0.39, 0.29) is 17.3 Å². The molecule has 1 rings (SSSR count). The van der Waals surface area contributed by atoms with Crippen molar-refractivity contribution in [3.63, 3.8) is 0 Å². The Labute approximate surface area is 102 Å². The van der Waals surface area contributed by atoms with Crippen molar-refractivity contribution < 1.29 is 12.8 Å². The standard InChI is InChI=1S/C12H18FNO2S/c1-2-17(15,16)9-3-8-14-10-11-4-6-12(13)7-5-11/h4-7,14H,2-3,8-10H2,1H3. The van der Waals surface area contributed by atoms with Crippen molar-refractivity contribution in [2.75, 3.05) is 18.1 Å². The van der Waals surface area contributed by atoms with E-state index >= 15 is 0 Å². The summed E-state index contributed by atoms with van der Waals surface area (Å²) in [6, 6.07) is 6.26. The summed E-state index contributed by atoms with van der Waals surface area (Å²) in [6.07, 6.45) is 0.609. The van der Waals surface area contributed by atoms with Gasteiger partial charge in [0, 0.05) is 12.3 Å². The van der Waals surface area contributed by atoms with E-state index in [4.69, 9.17) is 0 Å². The van der Waals surface area contributed by atoms with Gasteiger partial charge in [-0.1, -0.05) is 19.1 Å². The highest BCUT2D eigenvalue weighted by molar-refractivity contribution is 7.91. The number of benzene rings is 1. The Morgan fingerprint density at radius 3 is 2.47 bits per heavy atom. The van der Waals surface area contributed by atoms with Gasteiger partial charge in [-0.3, -0.25) is 0 Å². The van der Waals surface area contributed by atoms with Crippen LogP contribution in [0.5, 0.6) is 0 Å². The summed E-state index contributed by atoms with van der Waals surface area (Å²) in [7, 11) is -2.86. The molecule has 1 N–H and O–H groups in total. The molecule has 0 bridgehead atoms. The molecule has 0 unspecified atom stereocenters. The second-order valence-corrected chi connectivity index (χ2v) is 6.37. The van der Waals surface area contributed by atoms with Crippen LogP contribution >= 0.6 is 0 Å². The molecule has 3 nitrogen and oxygen atoms in total. The maximum absolute atomic E-state index is 12.6. The first kappa shape index (κ1) is 14.1. The van der Waals surface area contributed by atoms with Crippen LogP contribution in [0.4, 0.5) is 4.39 Å². The first-order valence-electron chi connectivity index (χ1n) is 5.69. The average Bonchev–Trinajstić information content (AvgIpc) is 2.31. The van der Waals surface area contributed by atoms with Crippen LogP contribution in [0.2, 0.25) is 0 Å². The van der Waals surface area contributed by atoms with E-state index in [2.05, 4.69) is 5.32 Å². The normalized spacial score (nSPS) is 11.6. The highest BCUT2D eigenvalue weighted by Crippen LogP contribution is 2.02. The molecule has 17 heavy (non-hydrogen) atoms. The fraction of sp³-hybridized carbons (Fsp3) is 0.500. The highest BCUT2D eigenvalue weighted by Gasteiger charge is 2.05. The van der Waals surface area contributed by atoms with Crippen LogP contribution < -0.4 is 5.32 Å². The molecule has 0 saturated carbocycles. The van der Waals surface area contributed by atoms with E-state index in [0.29, 0.717) is 19.5 Å². The summed E-state index contributed by atoms with van der Waals surface area (Å²) in [5, 5.41) is 3.13. The number of halogens is 1. The summed E-state index contributed by atoms with van der Waals surface area (Å²) in [5.74, 6) is 0.174. The Balaban J connectivity index is 2.19. The number of hydrogen-bond donors (Lipinski definition) is 1. The highest BCUT2D eigenvalue weighted by atomic mass is 32.2. The van der Waals surface area contributed by atoms with Gasteiger partial charge in [0.05, 0.1) is 5.75 Å². The third-order valence-corrected chi connectivity index (χ3v) is 4.28. The molecule has 96 valence electrons. The van der Waals surface area contributed by atoms with Crippen LogP contribution in [0.15, 0.2) is 24.3 Å². The van der Waals surface area contributed by atoms with E-state index in [1.54, 1.807) is 19.1 Å². The minimum atomic E-state index is -2.86. The van der Waals surface area contributed by atoms with Gasteiger partial charge in [-0.2, -0.15) is 0 Å². The van der Waals surface area contributed by atoms with Gasteiger partial charge in [-0.25, -0.2) is 12.8 Å². The molecule has 1 aromatic rings. The lowest BCUT2D eigenvalue weighted by molar-refractivity contribution is 0.589. The second-order valence-electron chi connectivity index (χ2n) is 3.89. The van der Waals surface area contributed by atoms with Gasteiger partial charge in [0.25, 0.3) is 0 Å². The van der Waals surface area contributed by atoms with Crippen molar-refractivity contribution in [3.8, 4) is 0 Å². The molecule has 0 radical (unpaired) electrons. The molecule has 0 saturated heterocycles. The van der Waals surface area contributed by atoms with Crippen LogP contribution in [0.3, 0.4) is 0 Å². The van der Waals surface area contributed by atoms with Crippen LogP contribution in [-0.2, 0) is 16.4 Å².